The average Bonchev–Trinajstić information content (AvgIpc) is 2.98. The summed E-state index contributed by atoms with van der Waals surface area (Å²) in [7, 11) is 1.24. The molecular weight excluding hydrogens is 566 g/mol. The number of carbonyl (C=O) groups is 3. The molecule has 0 aromatic heterocycles. The normalized spacial score (nSPS) is 40.7. The number of nitrogens with one attached hydrogen (secondary N) is 1. The van der Waals surface area contributed by atoms with E-state index < -0.39 is 82.0 Å². The number of aliphatic hydroxyl groups excluding tert-OH is 1. The number of methoxy groups -OCH3 is 1. The molecule has 44 heavy (non-hydrogen) atoms. The highest BCUT2D eigenvalue weighted by Crippen LogP contribution is 2.65. The Hall–Kier alpha value is -2.79. The number of aliphatic hydroxyl groups is 3. The lowest BCUT2D eigenvalue weighted by atomic mass is 9.41. The first-order valence-electron chi connectivity index (χ1n) is 15.6. The van der Waals surface area contributed by atoms with E-state index >= 15 is 0 Å². The van der Waals surface area contributed by atoms with Crippen molar-refractivity contribution in [3.05, 3.63) is 47.0 Å². The maximum atomic E-state index is 14.4. The SMILES string of the molecule is COC(=O)NC(c1ccccc1)C(C)C(=O)OC1CC2(O)C(C)C3C4(O)COC4CC(C)[C@@]3(C)C(=O)C(O)C(=C1C)C2(C)C. The van der Waals surface area contributed by atoms with Gasteiger partial charge in [0.2, 0.25) is 0 Å². The van der Waals surface area contributed by atoms with Gasteiger partial charge in [0.15, 0.2) is 5.78 Å². The van der Waals surface area contributed by atoms with Crippen LogP contribution >= 0.6 is 0 Å². The van der Waals surface area contributed by atoms with Crippen LogP contribution in [0.15, 0.2) is 41.5 Å². The van der Waals surface area contributed by atoms with Gasteiger partial charge in [-0.05, 0) is 48.8 Å². The van der Waals surface area contributed by atoms with Crippen molar-refractivity contribution >= 4 is 17.8 Å². The largest absolute Gasteiger partial charge is 0.457 e. The Morgan fingerprint density at radius 1 is 1.11 bits per heavy atom. The third kappa shape index (κ3) is 4.47. The van der Waals surface area contributed by atoms with Gasteiger partial charge in [-0.1, -0.05) is 65.0 Å². The minimum atomic E-state index is -1.58. The molecule has 2 saturated carbocycles. The highest BCUT2D eigenvalue weighted by atomic mass is 16.6. The second-order valence-corrected chi connectivity index (χ2v) is 14.3. The molecule has 2 bridgehead atoms. The van der Waals surface area contributed by atoms with Gasteiger partial charge < -0.3 is 34.8 Å². The van der Waals surface area contributed by atoms with Gasteiger partial charge in [-0.25, -0.2) is 4.79 Å². The monoisotopic (exact) mass is 613 g/mol. The lowest BCUT2D eigenvalue weighted by Crippen LogP contribution is -2.77. The molecule has 1 aromatic rings. The molecule has 4 N–H and O–H groups in total. The van der Waals surface area contributed by atoms with Gasteiger partial charge in [-0.3, -0.25) is 9.59 Å². The second-order valence-electron chi connectivity index (χ2n) is 14.3. The molecule has 1 amide bonds. The number of fused-ring (bicyclic) bond motifs is 5. The van der Waals surface area contributed by atoms with Crippen molar-refractivity contribution in [2.45, 2.75) is 96.9 Å². The molecule has 0 spiro atoms. The summed E-state index contributed by atoms with van der Waals surface area (Å²) < 4.78 is 16.7. The highest BCUT2D eigenvalue weighted by molar-refractivity contribution is 5.93. The van der Waals surface area contributed by atoms with Crippen molar-refractivity contribution in [2.75, 3.05) is 13.7 Å². The van der Waals surface area contributed by atoms with Gasteiger partial charge in [0.05, 0.1) is 37.4 Å². The number of hydrogen-bond acceptors (Lipinski definition) is 9. The molecule has 1 aromatic carbocycles. The number of rotatable bonds is 5. The maximum Gasteiger partial charge on any atom is 0.407 e. The van der Waals surface area contributed by atoms with Crippen LogP contribution < -0.4 is 5.32 Å². The average molecular weight is 614 g/mol. The molecule has 10 heteroatoms. The Kier molecular flexibility index (Phi) is 8.10. The predicted octanol–water partition coefficient (Wildman–Crippen LogP) is 3.48. The first-order valence-corrected chi connectivity index (χ1v) is 15.6. The van der Waals surface area contributed by atoms with Crippen LogP contribution in [0.3, 0.4) is 0 Å². The number of carbonyl (C=O) groups excluding carboxylic acids is 3. The van der Waals surface area contributed by atoms with Crippen LogP contribution in [0.2, 0.25) is 0 Å². The summed E-state index contributed by atoms with van der Waals surface area (Å²) >= 11 is 0. The molecule has 4 aliphatic rings. The van der Waals surface area contributed by atoms with Gasteiger partial charge in [0.1, 0.15) is 17.8 Å². The van der Waals surface area contributed by atoms with E-state index in [1.807, 2.05) is 19.9 Å². The Balaban J connectivity index is 1.56. The fraction of sp³-hybridized carbons (Fsp3) is 0.676. The zero-order valence-electron chi connectivity index (χ0n) is 26.9. The summed E-state index contributed by atoms with van der Waals surface area (Å²) in [5, 5.41) is 39.4. The topological polar surface area (TPSA) is 152 Å². The Labute approximate surface area is 259 Å². The van der Waals surface area contributed by atoms with Crippen LogP contribution in [0.4, 0.5) is 4.79 Å². The summed E-state index contributed by atoms with van der Waals surface area (Å²) in [6, 6.07) is 8.23. The van der Waals surface area contributed by atoms with Gasteiger partial charge in [-0.2, -0.15) is 0 Å². The summed E-state index contributed by atoms with van der Waals surface area (Å²) in [4.78, 5) is 40.4. The fourth-order valence-electron chi connectivity index (χ4n) is 9.14. The number of hydrogen-bond donors (Lipinski definition) is 4. The zero-order chi connectivity index (χ0) is 32.6. The van der Waals surface area contributed by atoms with Crippen molar-refractivity contribution in [2.24, 2.45) is 34.5 Å². The standard InChI is InChI=1S/C34H47NO9/c1-17-14-23-33(40,16-43-23)27-20(4)34(41)15-22(18(2)24(31(34,5)6)26(36)28(37)32(17,27)7)44-29(38)19(3)25(35-30(39)42-8)21-12-10-9-11-13-21/h9-13,17,19-20,22-23,25-27,36,40-41H,14-16H2,1-8H3,(H,35,39)/t17?,19?,20?,22?,23?,25?,26?,27?,32-,33?,34?/m1/s1. The van der Waals surface area contributed by atoms with Gasteiger partial charge in [-0.15, -0.1) is 0 Å². The summed E-state index contributed by atoms with van der Waals surface area (Å²) in [6.07, 6.45) is -3.25. The molecule has 11 atom stereocenters. The van der Waals surface area contributed by atoms with Crippen LogP contribution in [0.5, 0.6) is 0 Å². The highest BCUT2D eigenvalue weighted by Gasteiger charge is 2.73. The summed E-state index contributed by atoms with van der Waals surface area (Å²) in [5.74, 6) is -3.47. The molecule has 5 rings (SSSR count). The molecule has 10 unspecified atom stereocenters. The minimum absolute atomic E-state index is 0.00112. The van der Waals surface area contributed by atoms with Gasteiger partial charge in [0.25, 0.3) is 0 Å². The van der Waals surface area contributed by atoms with E-state index in [0.717, 1.165) is 0 Å². The van der Waals surface area contributed by atoms with Crippen molar-refractivity contribution in [3.8, 4) is 0 Å². The molecule has 3 fully saturated rings. The van der Waals surface area contributed by atoms with E-state index in [4.69, 9.17) is 14.2 Å². The Bertz CT molecular complexity index is 1360. The van der Waals surface area contributed by atoms with E-state index in [1.165, 1.54) is 7.11 Å². The smallest absolute Gasteiger partial charge is 0.407 e. The lowest BCUT2D eigenvalue weighted by Gasteiger charge is -2.68. The van der Waals surface area contributed by atoms with Crippen LogP contribution in [0.25, 0.3) is 0 Å². The van der Waals surface area contributed by atoms with Gasteiger partial charge >= 0.3 is 12.1 Å². The van der Waals surface area contributed by atoms with Crippen LogP contribution in [0, 0.1) is 34.5 Å². The molecule has 1 aliphatic heterocycles. The number of alkyl carbamates (subject to hydrolysis) is 1. The van der Waals surface area contributed by atoms with Crippen molar-refractivity contribution in [1.82, 2.24) is 5.32 Å². The number of esters is 1. The molecule has 1 saturated heterocycles. The van der Waals surface area contributed by atoms with E-state index in [1.54, 1.807) is 58.9 Å². The van der Waals surface area contributed by atoms with E-state index in [9.17, 15) is 29.7 Å². The quantitative estimate of drug-likeness (QED) is 0.289. The third-order valence-electron chi connectivity index (χ3n) is 12.1. The Morgan fingerprint density at radius 3 is 2.32 bits per heavy atom. The second kappa shape index (κ2) is 10.9. The molecule has 1 heterocycles. The first kappa shape index (κ1) is 32.6. The van der Waals surface area contributed by atoms with Gasteiger partial charge in [0, 0.05) is 23.2 Å². The third-order valence-corrected chi connectivity index (χ3v) is 12.1. The maximum absolute atomic E-state index is 14.4. The van der Waals surface area contributed by atoms with Crippen molar-refractivity contribution in [3.63, 3.8) is 0 Å². The van der Waals surface area contributed by atoms with E-state index in [-0.39, 0.29) is 18.9 Å². The zero-order valence-corrected chi connectivity index (χ0v) is 26.9. The summed E-state index contributed by atoms with van der Waals surface area (Å²) in [6.45, 7) is 12.6. The first-order chi connectivity index (χ1) is 20.5. The van der Waals surface area contributed by atoms with Crippen molar-refractivity contribution < 1.29 is 43.9 Å². The fourth-order valence-corrected chi connectivity index (χ4v) is 9.14. The molecule has 3 aliphatic carbocycles. The van der Waals surface area contributed by atoms with E-state index in [2.05, 4.69) is 5.32 Å². The summed E-state index contributed by atoms with van der Waals surface area (Å²) in [5.41, 5.74) is -3.64. The number of benzene rings is 1. The molecule has 242 valence electrons. The lowest BCUT2D eigenvalue weighted by molar-refractivity contribution is -0.329. The number of ether oxygens (including phenoxy) is 3. The molecule has 0 radical (unpaired) electrons. The minimum Gasteiger partial charge on any atom is -0.457 e. The van der Waals surface area contributed by atoms with E-state index in [0.29, 0.717) is 23.1 Å². The molecule has 10 nitrogen and oxygen atoms in total. The number of ketones is 1. The van der Waals surface area contributed by atoms with Crippen LogP contribution in [0.1, 0.15) is 72.9 Å². The van der Waals surface area contributed by atoms with Crippen LogP contribution in [-0.2, 0) is 23.8 Å². The Morgan fingerprint density at radius 2 is 1.75 bits per heavy atom. The number of Topliss-reactive ketones (excluding diaryl/α,β-unsaturated/α-hetero) is 1. The molecular formula is C34H47NO9. The van der Waals surface area contributed by atoms with Crippen molar-refractivity contribution in [1.29, 1.82) is 0 Å². The van der Waals surface area contributed by atoms with Crippen LogP contribution in [-0.4, -0.2) is 76.4 Å². The predicted molar refractivity (Wildman–Crippen MR) is 160 cm³/mol. The number of amides is 1.